The van der Waals surface area contributed by atoms with E-state index >= 15 is 0 Å². The Bertz CT molecular complexity index is 1040. The zero-order valence-electron chi connectivity index (χ0n) is 13.8. The van der Waals surface area contributed by atoms with Crippen LogP contribution in [0.1, 0.15) is 4.88 Å². The molecule has 2 heterocycles. The molecule has 0 unspecified atom stereocenters. The van der Waals surface area contributed by atoms with Crippen molar-refractivity contribution >= 4 is 50.7 Å². The van der Waals surface area contributed by atoms with Gasteiger partial charge in [0.2, 0.25) is 11.8 Å². The number of aromatic nitrogens is 2. The SMILES string of the molecule is Cc1cc2c(=O)n(CC(=O)NCC(=O)Nc3cccc(Cl)c3)cnc2s1. The van der Waals surface area contributed by atoms with Crippen molar-refractivity contribution in [3.8, 4) is 0 Å². The summed E-state index contributed by atoms with van der Waals surface area (Å²) in [6.07, 6.45) is 1.34. The van der Waals surface area contributed by atoms with Gasteiger partial charge in [0.05, 0.1) is 18.3 Å². The van der Waals surface area contributed by atoms with Crippen LogP contribution in [0.5, 0.6) is 0 Å². The van der Waals surface area contributed by atoms with E-state index < -0.39 is 11.8 Å². The van der Waals surface area contributed by atoms with E-state index in [1.165, 1.54) is 22.2 Å². The number of fused-ring (bicyclic) bond motifs is 1. The smallest absolute Gasteiger partial charge is 0.262 e. The first-order chi connectivity index (χ1) is 12.4. The van der Waals surface area contributed by atoms with Crippen LogP contribution >= 0.6 is 22.9 Å². The van der Waals surface area contributed by atoms with Crippen molar-refractivity contribution < 1.29 is 9.59 Å². The van der Waals surface area contributed by atoms with Crippen LogP contribution in [-0.4, -0.2) is 27.9 Å². The van der Waals surface area contributed by atoms with Crippen molar-refractivity contribution in [1.29, 1.82) is 0 Å². The predicted molar refractivity (Wildman–Crippen MR) is 102 cm³/mol. The van der Waals surface area contributed by atoms with Gasteiger partial charge in [-0.15, -0.1) is 11.3 Å². The fourth-order valence-corrected chi connectivity index (χ4v) is 3.38. The van der Waals surface area contributed by atoms with Crippen LogP contribution in [0.2, 0.25) is 5.02 Å². The lowest BCUT2D eigenvalue weighted by Gasteiger charge is -2.08. The highest BCUT2D eigenvalue weighted by molar-refractivity contribution is 7.18. The van der Waals surface area contributed by atoms with E-state index in [4.69, 9.17) is 11.6 Å². The maximum atomic E-state index is 12.3. The van der Waals surface area contributed by atoms with Crippen LogP contribution in [-0.2, 0) is 16.1 Å². The van der Waals surface area contributed by atoms with Crippen LogP contribution in [0.25, 0.3) is 10.2 Å². The maximum Gasteiger partial charge on any atom is 0.262 e. The molecule has 3 aromatic rings. The number of halogens is 1. The van der Waals surface area contributed by atoms with E-state index in [0.29, 0.717) is 20.9 Å². The van der Waals surface area contributed by atoms with Crippen LogP contribution in [0.3, 0.4) is 0 Å². The lowest BCUT2D eigenvalue weighted by Crippen LogP contribution is -2.37. The third-order valence-corrected chi connectivity index (χ3v) is 4.70. The molecule has 2 amide bonds. The second-order valence-corrected chi connectivity index (χ2v) is 7.26. The second-order valence-electron chi connectivity index (χ2n) is 5.59. The number of thiophene rings is 1. The van der Waals surface area contributed by atoms with Gasteiger partial charge in [-0.05, 0) is 31.2 Å². The van der Waals surface area contributed by atoms with Crippen LogP contribution in [0, 0.1) is 6.92 Å². The summed E-state index contributed by atoms with van der Waals surface area (Å²) in [5, 5.41) is 6.09. The highest BCUT2D eigenvalue weighted by Gasteiger charge is 2.11. The molecule has 1 aromatic carbocycles. The van der Waals surface area contributed by atoms with E-state index in [1.807, 2.05) is 6.92 Å². The highest BCUT2D eigenvalue weighted by atomic mass is 35.5. The highest BCUT2D eigenvalue weighted by Crippen LogP contribution is 2.19. The van der Waals surface area contributed by atoms with Gasteiger partial charge in [0.25, 0.3) is 5.56 Å². The summed E-state index contributed by atoms with van der Waals surface area (Å²) in [4.78, 5) is 42.0. The van der Waals surface area contributed by atoms with Crippen LogP contribution in [0.4, 0.5) is 5.69 Å². The third-order valence-electron chi connectivity index (χ3n) is 3.51. The molecular weight excluding hydrogens is 376 g/mol. The van der Waals surface area contributed by atoms with E-state index in [9.17, 15) is 14.4 Å². The van der Waals surface area contributed by atoms with Gasteiger partial charge in [0.15, 0.2) is 0 Å². The number of anilines is 1. The van der Waals surface area contributed by atoms with E-state index in [1.54, 1.807) is 30.3 Å². The van der Waals surface area contributed by atoms with Crippen LogP contribution in [0.15, 0.2) is 41.5 Å². The van der Waals surface area contributed by atoms with Gasteiger partial charge >= 0.3 is 0 Å². The Morgan fingerprint density at radius 2 is 2.08 bits per heavy atom. The number of carbonyl (C=O) groups is 2. The first kappa shape index (κ1) is 18.1. The molecule has 0 aliphatic heterocycles. The second kappa shape index (κ2) is 7.67. The summed E-state index contributed by atoms with van der Waals surface area (Å²) in [6.45, 7) is 1.47. The Balaban J connectivity index is 1.58. The standard InChI is InChI=1S/C17H15ClN4O3S/c1-10-5-13-16(26-10)20-9-22(17(13)25)8-15(24)19-7-14(23)21-12-4-2-3-11(18)6-12/h2-6,9H,7-8H2,1H3,(H,19,24)(H,21,23). The largest absolute Gasteiger partial charge is 0.345 e. The molecule has 0 saturated heterocycles. The number of amides is 2. The normalized spacial score (nSPS) is 10.7. The number of benzene rings is 1. The van der Waals surface area contributed by atoms with Gasteiger partial charge in [0.1, 0.15) is 11.4 Å². The monoisotopic (exact) mass is 390 g/mol. The van der Waals surface area contributed by atoms with Crippen molar-refractivity contribution in [2.45, 2.75) is 13.5 Å². The minimum Gasteiger partial charge on any atom is -0.345 e. The van der Waals surface area contributed by atoms with Crippen molar-refractivity contribution in [3.05, 3.63) is 56.9 Å². The van der Waals surface area contributed by atoms with E-state index in [-0.39, 0.29) is 18.6 Å². The maximum absolute atomic E-state index is 12.3. The van der Waals surface area contributed by atoms with Crippen molar-refractivity contribution in [3.63, 3.8) is 0 Å². The summed E-state index contributed by atoms with van der Waals surface area (Å²) in [5.41, 5.74) is 0.258. The number of hydrogen-bond acceptors (Lipinski definition) is 5. The third kappa shape index (κ3) is 4.27. The fraction of sp³-hybridized carbons (Fsp3) is 0.176. The average molecular weight is 391 g/mol. The van der Waals surface area contributed by atoms with E-state index in [0.717, 1.165) is 4.88 Å². The summed E-state index contributed by atoms with van der Waals surface area (Å²) in [7, 11) is 0. The van der Waals surface area contributed by atoms with Gasteiger partial charge in [-0.3, -0.25) is 19.0 Å². The lowest BCUT2D eigenvalue weighted by atomic mass is 10.3. The molecule has 2 aromatic heterocycles. The number of nitrogens with one attached hydrogen (secondary N) is 2. The molecule has 2 N–H and O–H groups in total. The van der Waals surface area contributed by atoms with Crippen molar-refractivity contribution in [1.82, 2.24) is 14.9 Å². The minimum atomic E-state index is -0.457. The molecule has 9 heteroatoms. The Kier molecular flexibility index (Phi) is 5.34. The molecule has 7 nitrogen and oxygen atoms in total. The molecule has 0 spiro atoms. The lowest BCUT2D eigenvalue weighted by molar-refractivity contribution is -0.124. The van der Waals surface area contributed by atoms with Crippen molar-refractivity contribution in [2.24, 2.45) is 0 Å². The predicted octanol–water partition coefficient (Wildman–Crippen LogP) is 2.17. The van der Waals surface area contributed by atoms with Crippen molar-refractivity contribution in [2.75, 3.05) is 11.9 Å². The molecule has 3 rings (SSSR count). The minimum absolute atomic E-state index is 0.207. The summed E-state index contributed by atoms with van der Waals surface area (Å²) >= 11 is 7.27. The molecule has 0 fully saturated rings. The Hall–Kier alpha value is -2.71. The number of carbonyl (C=O) groups excluding carboxylic acids is 2. The average Bonchev–Trinajstić information content (AvgIpc) is 2.97. The number of hydrogen-bond donors (Lipinski definition) is 2. The summed E-state index contributed by atoms with van der Waals surface area (Å²) in [6, 6.07) is 8.44. The Labute approximate surface area is 157 Å². The quantitative estimate of drug-likeness (QED) is 0.698. The summed E-state index contributed by atoms with van der Waals surface area (Å²) in [5.74, 6) is -0.851. The first-order valence-electron chi connectivity index (χ1n) is 7.70. The molecule has 0 radical (unpaired) electrons. The Morgan fingerprint density at radius 1 is 1.27 bits per heavy atom. The molecule has 26 heavy (non-hydrogen) atoms. The van der Waals surface area contributed by atoms with Crippen LogP contribution < -0.4 is 16.2 Å². The van der Waals surface area contributed by atoms with Gasteiger partial charge in [-0.25, -0.2) is 4.98 Å². The topological polar surface area (TPSA) is 93.1 Å². The molecule has 134 valence electrons. The van der Waals surface area contributed by atoms with Gasteiger partial charge < -0.3 is 10.6 Å². The zero-order valence-corrected chi connectivity index (χ0v) is 15.4. The number of nitrogens with zero attached hydrogens (tertiary/aromatic N) is 2. The molecule has 0 aliphatic rings. The zero-order chi connectivity index (χ0) is 18.7. The van der Waals surface area contributed by atoms with Gasteiger partial charge in [-0.1, -0.05) is 17.7 Å². The molecule has 0 atom stereocenters. The van der Waals surface area contributed by atoms with Gasteiger partial charge in [-0.2, -0.15) is 0 Å². The Morgan fingerprint density at radius 3 is 2.85 bits per heavy atom. The molecule has 0 aliphatic carbocycles. The number of aryl methyl sites for hydroxylation is 1. The fourth-order valence-electron chi connectivity index (χ4n) is 2.35. The molecule has 0 saturated carbocycles. The molecule has 0 bridgehead atoms. The number of rotatable bonds is 5. The first-order valence-corrected chi connectivity index (χ1v) is 8.89. The summed E-state index contributed by atoms with van der Waals surface area (Å²) < 4.78 is 1.22. The van der Waals surface area contributed by atoms with Gasteiger partial charge in [0, 0.05) is 15.6 Å². The molecular formula is C17H15ClN4O3S. The van der Waals surface area contributed by atoms with E-state index in [2.05, 4.69) is 15.6 Å².